The van der Waals surface area contributed by atoms with Crippen LogP contribution in [0.3, 0.4) is 0 Å². The quantitative estimate of drug-likeness (QED) is 0.486. The Kier molecular flexibility index (Phi) is 4.78. The Hall–Kier alpha value is -1.08. The summed E-state index contributed by atoms with van der Waals surface area (Å²) in [5, 5.41) is 9.27. The third kappa shape index (κ3) is 2.90. The molecule has 160 valence electrons. The third-order valence-corrected chi connectivity index (χ3v) is 10.6. The molecule has 4 saturated carbocycles. The Morgan fingerprint density at radius 1 is 1.14 bits per heavy atom. The molecule has 5 rings (SSSR count). The minimum absolute atomic E-state index is 0.107. The van der Waals surface area contributed by atoms with E-state index in [0.717, 1.165) is 31.1 Å². The van der Waals surface area contributed by atoms with Crippen molar-refractivity contribution in [2.75, 3.05) is 0 Å². The van der Waals surface area contributed by atoms with Crippen molar-refractivity contribution in [1.29, 1.82) is 5.26 Å². The molecule has 4 heteroatoms. The van der Waals surface area contributed by atoms with Crippen LogP contribution in [-0.2, 0) is 14.3 Å². The van der Waals surface area contributed by atoms with Gasteiger partial charge >= 0.3 is 0 Å². The summed E-state index contributed by atoms with van der Waals surface area (Å²) in [4.78, 5) is 10.9. The summed E-state index contributed by atoms with van der Waals surface area (Å²) < 4.78 is 11.8. The maximum atomic E-state index is 10.9. The van der Waals surface area contributed by atoms with Crippen molar-refractivity contribution in [3.05, 3.63) is 0 Å². The van der Waals surface area contributed by atoms with Gasteiger partial charge in [-0.05, 0) is 97.7 Å². The van der Waals surface area contributed by atoms with E-state index < -0.39 is 0 Å². The molecule has 4 nitrogen and oxygen atoms in total. The maximum Gasteiger partial charge on any atom is 0.293 e. The summed E-state index contributed by atoms with van der Waals surface area (Å²) in [6.45, 7) is 8.07. The van der Waals surface area contributed by atoms with Gasteiger partial charge in [0, 0.05) is 6.42 Å². The SMILES string of the molecule is C[C@H](CC#N)[C@H]1CC[C@H]2[C@@H]3C4OC4C[C@@H]4C[C@H](OC=O)CC[C@]4(C)C3CC[C@]12C. The zero-order valence-corrected chi connectivity index (χ0v) is 18.3. The first kappa shape index (κ1) is 19.9. The monoisotopic (exact) mass is 399 g/mol. The van der Waals surface area contributed by atoms with E-state index in [-0.39, 0.29) is 6.10 Å². The lowest BCUT2D eigenvalue weighted by Gasteiger charge is -2.57. The van der Waals surface area contributed by atoms with Crippen molar-refractivity contribution < 1.29 is 14.3 Å². The maximum absolute atomic E-state index is 10.9. The van der Waals surface area contributed by atoms with E-state index in [0.29, 0.717) is 59.6 Å². The highest BCUT2D eigenvalue weighted by atomic mass is 16.6. The molecule has 0 bridgehead atoms. The molecule has 3 unspecified atom stereocenters. The Morgan fingerprint density at radius 3 is 2.66 bits per heavy atom. The molecular formula is C25H37NO3. The first-order chi connectivity index (χ1) is 13.9. The van der Waals surface area contributed by atoms with Crippen LogP contribution >= 0.6 is 0 Å². The minimum Gasteiger partial charge on any atom is -0.465 e. The molecule has 5 aliphatic rings. The fourth-order valence-corrected chi connectivity index (χ4v) is 9.09. The van der Waals surface area contributed by atoms with Gasteiger partial charge in [-0.2, -0.15) is 5.26 Å². The van der Waals surface area contributed by atoms with Crippen LogP contribution in [0, 0.1) is 57.7 Å². The molecule has 1 aliphatic heterocycles. The van der Waals surface area contributed by atoms with Gasteiger partial charge in [0.05, 0.1) is 18.3 Å². The van der Waals surface area contributed by atoms with Gasteiger partial charge in [-0.1, -0.05) is 20.8 Å². The molecule has 4 aliphatic carbocycles. The van der Waals surface area contributed by atoms with Crippen LogP contribution in [-0.4, -0.2) is 24.8 Å². The van der Waals surface area contributed by atoms with E-state index in [1.165, 1.54) is 32.1 Å². The van der Waals surface area contributed by atoms with E-state index in [1.54, 1.807) is 0 Å². The minimum atomic E-state index is 0.107. The van der Waals surface area contributed by atoms with Crippen LogP contribution in [0.4, 0.5) is 0 Å². The Labute approximate surface area is 175 Å². The van der Waals surface area contributed by atoms with Gasteiger partial charge in [-0.15, -0.1) is 0 Å². The van der Waals surface area contributed by atoms with Crippen LogP contribution in [0.2, 0.25) is 0 Å². The van der Waals surface area contributed by atoms with E-state index in [9.17, 15) is 10.1 Å². The van der Waals surface area contributed by atoms with Gasteiger partial charge in [-0.3, -0.25) is 4.79 Å². The summed E-state index contributed by atoms with van der Waals surface area (Å²) in [7, 11) is 0. The van der Waals surface area contributed by atoms with Crippen molar-refractivity contribution in [2.45, 2.75) is 96.9 Å². The van der Waals surface area contributed by atoms with Crippen molar-refractivity contribution in [3.8, 4) is 6.07 Å². The van der Waals surface area contributed by atoms with Crippen LogP contribution in [0.5, 0.6) is 0 Å². The third-order valence-electron chi connectivity index (χ3n) is 10.6. The zero-order valence-electron chi connectivity index (χ0n) is 18.3. The van der Waals surface area contributed by atoms with Crippen LogP contribution in [0.15, 0.2) is 0 Å². The average molecular weight is 400 g/mol. The highest BCUT2D eigenvalue weighted by Crippen LogP contribution is 2.69. The number of epoxide rings is 1. The molecule has 0 aromatic heterocycles. The predicted octanol–water partition coefficient (Wildman–Crippen LogP) is 5.11. The molecule has 1 heterocycles. The molecule has 29 heavy (non-hydrogen) atoms. The number of fused-ring (bicyclic) bond motifs is 7. The smallest absolute Gasteiger partial charge is 0.293 e. The first-order valence-electron chi connectivity index (χ1n) is 12.0. The fourth-order valence-electron chi connectivity index (χ4n) is 9.09. The highest BCUT2D eigenvalue weighted by Gasteiger charge is 2.66. The summed E-state index contributed by atoms with van der Waals surface area (Å²) in [5.74, 6) is 4.00. The standard InChI is InChI=1S/C25H37NO3/c1-15(8-11-26)18-4-5-19-22-20(7-10-25(18,19)3)24(2)9-6-17(28-14-27)12-16(24)13-21-23(22)29-21/h14-23H,4-10,12-13H2,1-3H3/t15-,16+,17-,18-,19+,20?,21?,22+,23?,24+,25-/m1/s1. The fraction of sp³-hybridized carbons (Fsp3) is 0.920. The summed E-state index contributed by atoms with van der Waals surface area (Å²) >= 11 is 0. The second-order valence-electron chi connectivity index (χ2n) is 11.6. The molecule has 0 spiro atoms. The van der Waals surface area contributed by atoms with E-state index in [1.807, 2.05) is 0 Å². The average Bonchev–Trinajstić information content (AvgIpc) is 3.36. The second kappa shape index (κ2) is 6.98. The topological polar surface area (TPSA) is 62.6 Å². The number of hydrogen-bond acceptors (Lipinski definition) is 4. The number of hydrogen-bond donors (Lipinski definition) is 0. The lowest BCUT2D eigenvalue weighted by atomic mass is 9.48. The van der Waals surface area contributed by atoms with Gasteiger partial charge in [0.2, 0.25) is 0 Å². The second-order valence-corrected chi connectivity index (χ2v) is 11.6. The predicted molar refractivity (Wildman–Crippen MR) is 110 cm³/mol. The normalized spacial score (nSPS) is 53.9. The van der Waals surface area contributed by atoms with E-state index >= 15 is 0 Å². The molecule has 0 aromatic carbocycles. The molecule has 0 radical (unpaired) electrons. The van der Waals surface area contributed by atoms with Gasteiger partial charge in [-0.25, -0.2) is 0 Å². The Balaban J connectivity index is 1.43. The number of carbonyl (C=O) groups excluding carboxylic acids is 1. The Morgan fingerprint density at radius 2 is 1.90 bits per heavy atom. The number of nitrogens with zero attached hydrogens (tertiary/aromatic N) is 1. The largest absolute Gasteiger partial charge is 0.465 e. The van der Waals surface area contributed by atoms with Crippen molar-refractivity contribution in [2.24, 2.45) is 46.3 Å². The lowest BCUT2D eigenvalue weighted by Crippen LogP contribution is -2.51. The lowest BCUT2D eigenvalue weighted by molar-refractivity contribution is -0.143. The first-order valence-corrected chi connectivity index (χ1v) is 12.0. The van der Waals surface area contributed by atoms with Gasteiger partial charge in [0.1, 0.15) is 6.10 Å². The van der Waals surface area contributed by atoms with Crippen LogP contribution < -0.4 is 0 Å². The van der Waals surface area contributed by atoms with Gasteiger partial charge < -0.3 is 9.47 Å². The van der Waals surface area contributed by atoms with Crippen molar-refractivity contribution in [1.82, 2.24) is 0 Å². The molecule has 0 N–H and O–H groups in total. The van der Waals surface area contributed by atoms with E-state index in [2.05, 4.69) is 26.8 Å². The van der Waals surface area contributed by atoms with Crippen LogP contribution in [0.1, 0.15) is 78.6 Å². The number of carbonyl (C=O) groups is 1. The molecule has 11 atom stereocenters. The zero-order chi connectivity index (χ0) is 20.4. The van der Waals surface area contributed by atoms with Gasteiger partial charge in [0.25, 0.3) is 6.47 Å². The van der Waals surface area contributed by atoms with Gasteiger partial charge in [0.15, 0.2) is 0 Å². The molecule has 0 amide bonds. The number of rotatable bonds is 4. The molecule has 0 aromatic rings. The van der Waals surface area contributed by atoms with Crippen molar-refractivity contribution in [3.63, 3.8) is 0 Å². The molecule has 5 fully saturated rings. The van der Waals surface area contributed by atoms with Crippen LogP contribution in [0.25, 0.3) is 0 Å². The highest BCUT2D eigenvalue weighted by molar-refractivity contribution is 5.37. The summed E-state index contributed by atoms with van der Waals surface area (Å²) in [6.07, 6.45) is 11.3. The number of nitriles is 1. The Bertz CT molecular complexity index is 703. The van der Waals surface area contributed by atoms with E-state index in [4.69, 9.17) is 9.47 Å². The summed E-state index contributed by atoms with van der Waals surface area (Å²) in [5.41, 5.74) is 0.740. The molecule has 1 saturated heterocycles. The molecular weight excluding hydrogens is 362 g/mol. The summed E-state index contributed by atoms with van der Waals surface area (Å²) in [6, 6.07) is 2.44. The van der Waals surface area contributed by atoms with Crippen molar-refractivity contribution >= 4 is 6.47 Å². The number of ether oxygens (including phenoxy) is 2.